The molecule has 0 amide bonds. The predicted molar refractivity (Wildman–Crippen MR) is 49.6 cm³/mol. The Balaban J connectivity index is 0.00000169. The molecule has 1 rings (SSSR count). The molecule has 2 nitrogen and oxygen atoms in total. The van der Waals surface area contributed by atoms with Crippen molar-refractivity contribution in [3.8, 4) is 0 Å². The van der Waals surface area contributed by atoms with E-state index in [1.807, 2.05) is 30.3 Å². The Morgan fingerprint density at radius 1 is 1.14 bits per heavy atom. The van der Waals surface area contributed by atoms with Crippen LogP contribution in [0.1, 0.15) is 5.56 Å². The number of rotatable bonds is 3. The van der Waals surface area contributed by atoms with E-state index in [1.54, 1.807) is 6.08 Å². The molecule has 0 bridgehead atoms. The third-order valence-electron chi connectivity index (χ3n) is 1.47. The molecule has 0 aliphatic heterocycles. The second-order valence-electron chi connectivity index (χ2n) is 2.45. The van der Waals surface area contributed by atoms with Crippen LogP contribution in [0.3, 0.4) is 0 Å². The first-order valence-electron chi connectivity index (χ1n) is 3.88. The molecule has 0 aliphatic carbocycles. The molecule has 1 aromatic rings. The zero-order chi connectivity index (χ0) is 9.52. The Morgan fingerprint density at radius 3 is 2.36 bits per heavy atom. The van der Waals surface area contributed by atoms with Gasteiger partial charge in [-0.2, -0.15) is 0 Å². The summed E-state index contributed by atoms with van der Waals surface area (Å²) < 4.78 is 0. The van der Waals surface area contributed by atoms with Crippen molar-refractivity contribution < 1.29 is 39.5 Å². The number of hydrogen-bond acceptors (Lipinski definition) is 2. The maximum absolute atomic E-state index is 10.8. The van der Waals surface area contributed by atoms with Crippen molar-refractivity contribution in [1.82, 2.24) is 0 Å². The van der Waals surface area contributed by atoms with Gasteiger partial charge in [-0.15, -0.1) is 6.26 Å². The summed E-state index contributed by atoms with van der Waals surface area (Å²) in [6.07, 6.45) is 4.50. The van der Waals surface area contributed by atoms with E-state index >= 15 is 0 Å². The molecular weight excluding hydrogens is 187 g/mol. The summed E-state index contributed by atoms with van der Waals surface area (Å²) in [7, 11) is 0. The van der Waals surface area contributed by atoms with E-state index in [1.165, 1.54) is 6.08 Å². The van der Waals surface area contributed by atoms with Gasteiger partial charge in [0, 0.05) is 0 Å². The van der Waals surface area contributed by atoms with Gasteiger partial charge in [-0.3, -0.25) is 4.79 Å². The molecule has 0 aliphatic rings. The maximum atomic E-state index is 10.8. The first-order valence-corrected chi connectivity index (χ1v) is 3.88. The molecule has 1 aromatic carbocycles. The van der Waals surface area contributed by atoms with E-state index in [0.29, 0.717) is 6.26 Å². The van der Waals surface area contributed by atoms with Crippen molar-refractivity contribution in [3.05, 3.63) is 54.3 Å². The molecule has 0 radical (unpaired) electrons. The smallest absolute Gasteiger partial charge is 0.878 e. The fourth-order valence-electron chi connectivity index (χ4n) is 0.865. The van der Waals surface area contributed by atoms with Crippen molar-refractivity contribution in [2.75, 3.05) is 0 Å². The van der Waals surface area contributed by atoms with Crippen molar-refractivity contribution in [2.24, 2.45) is 0 Å². The number of carbonyl (C=O) groups excluding carboxylic acids is 1. The van der Waals surface area contributed by atoms with E-state index in [-0.39, 0.29) is 35.3 Å². The van der Waals surface area contributed by atoms with Crippen molar-refractivity contribution in [1.29, 1.82) is 0 Å². The molecule has 0 N–H and O–H groups in total. The Labute approximate surface area is 105 Å². The van der Waals surface area contributed by atoms with Gasteiger partial charge in [-0.25, -0.2) is 0 Å². The van der Waals surface area contributed by atoms with Gasteiger partial charge in [-0.05, 0) is 17.7 Å². The summed E-state index contributed by atoms with van der Waals surface area (Å²) in [5.41, 5.74) is 0.940. The van der Waals surface area contributed by atoms with E-state index in [2.05, 4.69) is 0 Å². The Morgan fingerprint density at radius 2 is 1.79 bits per heavy atom. The predicted octanol–water partition coefficient (Wildman–Crippen LogP) is -1.85. The van der Waals surface area contributed by atoms with Gasteiger partial charge in [0.05, 0.1) is 0 Å². The molecule has 0 saturated heterocycles. The normalized spacial score (nSPS) is 10.3. The average molecular weight is 196 g/mol. The van der Waals surface area contributed by atoms with Crippen LogP contribution in [-0.4, -0.2) is 5.78 Å². The quantitative estimate of drug-likeness (QED) is 0.323. The van der Waals surface area contributed by atoms with Gasteiger partial charge in [-0.1, -0.05) is 36.4 Å². The average Bonchev–Trinajstić information content (AvgIpc) is 2.17. The third-order valence-corrected chi connectivity index (χ3v) is 1.47. The second kappa shape index (κ2) is 7.56. The van der Waals surface area contributed by atoms with Crippen LogP contribution in [-0.2, 0) is 4.79 Å². The summed E-state index contributed by atoms with van der Waals surface area (Å²) in [5.74, 6) is -0.293. The van der Waals surface area contributed by atoms with E-state index in [4.69, 9.17) is 0 Å². The molecule has 0 heterocycles. The zero-order valence-corrected chi connectivity index (χ0v) is 10.0. The molecule has 0 fully saturated rings. The van der Waals surface area contributed by atoms with Gasteiger partial charge in [0.25, 0.3) is 0 Å². The summed E-state index contributed by atoms with van der Waals surface area (Å²) in [6, 6.07) is 9.42. The summed E-state index contributed by atoms with van der Waals surface area (Å²) >= 11 is 0. The minimum absolute atomic E-state index is 0. The van der Waals surface area contributed by atoms with Gasteiger partial charge < -0.3 is 5.11 Å². The van der Waals surface area contributed by atoms with Crippen LogP contribution in [0.4, 0.5) is 0 Å². The first-order chi connectivity index (χ1) is 6.33. The number of benzene rings is 1. The summed E-state index contributed by atoms with van der Waals surface area (Å²) in [5, 5.41) is 9.92. The standard InChI is InChI=1S/C11H10O2.Na/c12-9-8-11(13)7-6-10-4-2-1-3-5-10;/h1-9,12H;/q;+1/p-1/b7-6+,9-8-;. The minimum Gasteiger partial charge on any atom is -0.878 e. The minimum atomic E-state index is -0.293. The number of ketones is 1. The molecule has 66 valence electrons. The topological polar surface area (TPSA) is 40.1 Å². The number of allylic oxidation sites excluding steroid dienone is 2. The molecular formula is C11H9NaO2. The monoisotopic (exact) mass is 196 g/mol. The zero-order valence-electron chi connectivity index (χ0n) is 8.01. The molecule has 0 spiro atoms. The fraction of sp³-hybridized carbons (Fsp3) is 0. The second-order valence-corrected chi connectivity index (χ2v) is 2.45. The van der Waals surface area contributed by atoms with Crippen LogP contribution >= 0.6 is 0 Å². The van der Waals surface area contributed by atoms with Gasteiger partial charge in [0.2, 0.25) is 0 Å². The molecule has 3 heteroatoms. The Bertz CT molecular complexity index is 328. The molecule has 0 aromatic heterocycles. The molecule has 0 atom stereocenters. The summed E-state index contributed by atoms with van der Waals surface area (Å²) in [4.78, 5) is 10.8. The van der Waals surface area contributed by atoms with Gasteiger partial charge in [0.1, 0.15) is 0 Å². The van der Waals surface area contributed by atoms with Crippen molar-refractivity contribution >= 4 is 11.9 Å². The molecule has 0 unspecified atom stereocenters. The first kappa shape index (κ1) is 13.2. The summed E-state index contributed by atoms with van der Waals surface area (Å²) in [6.45, 7) is 0. The largest absolute Gasteiger partial charge is 1.00 e. The maximum Gasteiger partial charge on any atom is 1.00 e. The van der Waals surface area contributed by atoms with Gasteiger partial charge in [0.15, 0.2) is 5.78 Å². The molecule has 0 saturated carbocycles. The van der Waals surface area contributed by atoms with Crippen LogP contribution < -0.4 is 34.7 Å². The third kappa shape index (κ3) is 5.02. The molecule has 14 heavy (non-hydrogen) atoms. The van der Waals surface area contributed by atoms with Crippen LogP contribution in [0.2, 0.25) is 0 Å². The van der Waals surface area contributed by atoms with E-state index in [9.17, 15) is 9.90 Å². The van der Waals surface area contributed by atoms with Crippen molar-refractivity contribution in [3.63, 3.8) is 0 Å². The van der Waals surface area contributed by atoms with Gasteiger partial charge >= 0.3 is 29.6 Å². The van der Waals surface area contributed by atoms with E-state index < -0.39 is 0 Å². The number of carbonyl (C=O) groups is 1. The van der Waals surface area contributed by atoms with Crippen molar-refractivity contribution in [2.45, 2.75) is 0 Å². The Hall–Kier alpha value is -0.830. The Kier molecular flexibility index (Phi) is 7.11. The van der Waals surface area contributed by atoms with Crippen LogP contribution in [0.25, 0.3) is 6.08 Å². The van der Waals surface area contributed by atoms with Crippen LogP contribution in [0, 0.1) is 0 Å². The van der Waals surface area contributed by atoms with Crippen LogP contribution in [0.5, 0.6) is 0 Å². The SMILES string of the molecule is O=C(/C=C\[O-])/C=C/c1ccccc1.[Na+]. The van der Waals surface area contributed by atoms with E-state index in [0.717, 1.165) is 11.6 Å². The fourth-order valence-corrected chi connectivity index (χ4v) is 0.865. The number of hydrogen-bond donors (Lipinski definition) is 0. The van der Waals surface area contributed by atoms with Crippen LogP contribution in [0.15, 0.2) is 48.7 Å².